The summed E-state index contributed by atoms with van der Waals surface area (Å²) in [4.78, 5) is 11.5. The van der Waals surface area contributed by atoms with Gasteiger partial charge in [-0.05, 0) is 32.1 Å². The number of amides is 1. The van der Waals surface area contributed by atoms with E-state index >= 15 is 0 Å². The van der Waals surface area contributed by atoms with Crippen molar-refractivity contribution in [1.82, 2.24) is 5.32 Å². The van der Waals surface area contributed by atoms with Gasteiger partial charge >= 0.3 is 0 Å². The molecule has 94 valence electrons. The van der Waals surface area contributed by atoms with Crippen LogP contribution in [0.25, 0.3) is 0 Å². The van der Waals surface area contributed by atoms with Crippen molar-refractivity contribution in [3.05, 3.63) is 0 Å². The average molecular weight is 248 g/mol. The Morgan fingerprint density at radius 2 is 2.44 bits per heavy atom. The molecule has 0 aromatic carbocycles. The SMILES string of the molecule is CCC(Cl)CCNC(=O)CCC1CCCO1. The van der Waals surface area contributed by atoms with Crippen LogP contribution in [0, 0.1) is 0 Å². The second kappa shape index (κ2) is 7.91. The number of carbonyl (C=O) groups is 1. The van der Waals surface area contributed by atoms with Crippen LogP contribution in [-0.4, -0.2) is 30.5 Å². The minimum atomic E-state index is 0.121. The minimum absolute atomic E-state index is 0.121. The maximum Gasteiger partial charge on any atom is 0.220 e. The first-order valence-electron chi connectivity index (χ1n) is 6.24. The second-order valence-electron chi connectivity index (χ2n) is 4.32. The molecule has 0 bridgehead atoms. The molecule has 0 aromatic rings. The Labute approximate surface area is 103 Å². The first kappa shape index (κ1) is 13.8. The minimum Gasteiger partial charge on any atom is -0.378 e. The lowest BCUT2D eigenvalue weighted by Gasteiger charge is -2.10. The zero-order chi connectivity index (χ0) is 11.8. The van der Waals surface area contributed by atoms with Crippen LogP contribution in [0.2, 0.25) is 0 Å². The zero-order valence-electron chi connectivity index (χ0n) is 10.0. The number of nitrogens with one attached hydrogen (secondary N) is 1. The van der Waals surface area contributed by atoms with Crippen LogP contribution in [0.4, 0.5) is 0 Å². The van der Waals surface area contributed by atoms with Crippen molar-refractivity contribution in [2.24, 2.45) is 0 Å². The van der Waals surface area contributed by atoms with E-state index in [2.05, 4.69) is 12.2 Å². The van der Waals surface area contributed by atoms with E-state index in [-0.39, 0.29) is 11.3 Å². The highest BCUT2D eigenvalue weighted by Gasteiger charge is 2.16. The number of carbonyl (C=O) groups excluding carboxylic acids is 1. The summed E-state index contributed by atoms with van der Waals surface area (Å²) in [5.41, 5.74) is 0. The lowest BCUT2D eigenvalue weighted by atomic mass is 10.1. The van der Waals surface area contributed by atoms with Crippen LogP contribution >= 0.6 is 11.6 Å². The van der Waals surface area contributed by atoms with Crippen molar-refractivity contribution in [3.8, 4) is 0 Å². The molecule has 1 amide bonds. The van der Waals surface area contributed by atoms with Gasteiger partial charge in [-0.1, -0.05) is 6.92 Å². The number of alkyl halides is 1. The molecule has 3 nitrogen and oxygen atoms in total. The fourth-order valence-electron chi connectivity index (χ4n) is 1.82. The summed E-state index contributed by atoms with van der Waals surface area (Å²) in [7, 11) is 0. The summed E-state index contributed by atoms with van der Waals surface area (Å²) in [6.45, 7) is 3.60. The van der Waals surface area contributed by atoms with Crippen LogP contribution < -0.4 is 5.32 Å². The fraction of sp³-hybridized carbons (Fsp3) is 0.917. The number of ether oxygens (including phenoxy) is 1. The van der Waals surface area contributed by atoms with Gasteiger partial charge in [0.2, 0.25) is 5.91 Å². The molecule has 2 atom stereocenters. The van der Waals surface area contributed by atoms with Crippen molar-refractivity contribution in [1.29, 1.82) is 0 Å². The molecule has 1 heterocycles. The molecule has 1 rings (SSSR count). The van der Waals surface area contributed by atoms with E-state index < -0.39 is 0 Å². The van der Waals surface area contributed by atoms with Gasteiger partial charge in [0, 0.05) is 24.9 Å². The van der Waals surface area contributed by atoms with Crippen molar-refractivity contribution in [2.45, 2.75) is 56.9 Å². The molecule has 0 radical (unpaired) electrons. The summed E-state index contributed by atoms with van der Waals surface area (Å²) in [5.74, 6) is 0.121. The third-order valence-corrected chi connectivity index (χ3v) is 3.47. The molecule has 1 aliphatic rings. The maximum atomic E-state index is 11.5. The van der Waals surface area contributed by atoms with Crippen LogP contribution in [-0.2, 0) is 9.53 Å². The normalized spacial score (nSPS) is 22.0. The molecule has 1 N–H and O–H groups in total. The zero-order valence-corrected chi connectivity index (χ0v) is 10.8. The highest BCUT2D eigenvalue weighted by atomic mass is 35.5. The number of hydrogen-bond acceptors (Lipinski definition) is 2. The van der Waals surface area contributed by atoms with E-state index in [4.69, 9.17) is 16.3 Å². The third kappa shape index (κ3) is 5.71. The number of rotatable bonds is 7. The van der Waals surface area contributed by atoms with Crippen LogP contribution in [0.1, 0.15) is 45.4 Å². The summed E-state index contributed by atoms with van der Waals surface area (Å²) in [6.07, 6.45) is 5.77. The molecule has 1 saturated heterocycles. The molecule has 4 heteroatoms. The number of halogens is 1. The van der Waals surface area contributed by atoms with E-state index in [0.717, 1.165) is 38.7 Å². The predicted octanol–water partition coefficient (Wildman–Crippen LogP) is 2.47. The maximum absolute atomic E-state index is 11.5. The molecular weight excluding hydrogens is 226 g/mol. The molecule has 0 aliphatic carbocycles. The highest BCUT2D eigenvalue weighted by molar-refractivity contribution is 6.20. The first-order chi connectivity index (χ1) is 7.72. The van der Waals surface area contributed by atoms with Gasteiger partial charge in [0.1, 0.15) is 0 Å². The van der Waals surface area contributed by atoms with Gasteiger partial charge in [-0.25, -0.2) is 0 Å². The average Bonchev–Trinajstić information content (AvgIpc) is 2.79. The highest BCUT2D eigenvalue weighted by Crippen LogP contribution is 2.16. The van der Waals surface area contributed by atoms with E-state index in [1.165, 1.54) is 0 Å². The molecule has 2 unspecified atom stereocenters. The van der Waals surface area contributed by atoms with Gasteiger partial charge in [-0.2, -0.15) is 0 Å². The molecule has 1 aliphatic heterocycles. The van der Waals surface area contributed by atoms with Gasteiger partial charge in [-0.3, -0.25) is 4.79 Å². The second-order valence-corrected chi connectivity index (χ2v) is 4.94. The summed E-state index contributed by atoms with van der Waals surface area (Å²) >= 11 is 5.96. The van der Waals surface area contributed by atoms with E-state index in [9.17, 15) is 4.79 Å². The molecule has 0 spiro atoms. The third-order valence-electron chi connectivity index (χ3n) is 2.94. The monoisotopic (exact) mass is 247 g/mol. The Hall–Kier alpha value is -0.280. The smallest absolute Gasteiger partial charge is 0.220 e. The van der Waals surface area contributed by atoms with Crippen molar-refractivity contribution < 1.29 is 9.53 Å². The summed E-state index contributed by atoms with van der Waals surface area (Å²) in [5, 5.41) is 3.07. The summed E-state index contributed by atoms with van der Waals surface area (Å²) in [6, 6.07) is 0. The number of hydrogen-bond donors (Lipinski definition) is 1. The van der Waals surface area contributed by atoms with Crippen molar-refractivity contribution >= 4 is 17.5 Å². The molecular formula is C12H22ClNO2. The standard InChI is InChI=1S/C12H22ClNO2/c1-2-10(13)7-8-14-12(15)6-5-11-4-3-9-16-11/h10-11H,2-9H2,1H3,(H,14,15). The van der Waals surface area contributed by atoms with Crippen molar-refractivity contribution in [3.63, 3.8) is 0 Å². The van der Waals surface area contributed by atoms with Gasteiger partial charge in [0.25, 0.3) is 0 Å². The lowest BCUT2D eigenvalue weighted by Crippen LogP contribution is -2.26. The molecule has 1 fully saturated rings. The fourth-order valence-corrected chi connectivity index (χ4v) is 1.93. The van der Waals surface area contributed by atoms with Crippen LogP contribution in [0.5, 0.6) is 0 Å². The Bertz CT molecular complexity index is 205. The Kier molecular flexibility index (Phi) is 6.81. The molecule has 16 heavy (non-hydrogen) atoms. The molecule has 0 saturated carbocycles. The van der Waals surface area contributed by atoms with Gasteiger partial charge in [-0.15, -0.1) is 11.6 Å². The van der Waals surface area contributed by atoms with E-state index in [1.54, 1.807) is 0 Å². The van der Waals surface area contributed by atoms with Gasteiger partial charge in [0.15, 0.2) is 0 Å². The quantitative estimate of drug-likeness (QED) is 0.702. The Morgan fingerprint density at radius 1 is 1.62 bits per heavy atom. The van der Waals surface area contributed by atoms with Crippen LogP contribution in [0.3, 0.4) is 0 Å². The van der Waals surface area contributed by atoms with E-state index in [0.29, 0.717) is 19.1 Å². The topological polar surface area (TPSA) is 38.3 Å². The van der Waals surface area contributed by atoms with Gasteiger partial charge in [0.05, 0.1) is 6.10 Å². The summed E-state index contributed by atoms with van der Waals surface area (Å²) < 4.78 is 5.46. The Morgan fingerprint density at radius 3 is 3.06 bits per heavy atom. The predicted molar refractivity (Wildman–Crippen MR) is 65.8 cm³/mol. The van der Waals surface area contributed by atoms with Crippen LogP contribution in [0.15, 0.2) is 0 Å². The largest absolute Gasteiger partial charge is 0.378 e. The first-order valence-corrected chi connectivity index (χ1v) is 6.68. The lowest BCUT2D eigenvalue weighted by molar-refractivity contribution is -0.121. The van der Waals surface area contributed by atoms with Gasteiger partial charge < -0.3 is 10.1 Å². The van der Waals surface area contributed by atoms with E-state index in [1.807, 2.05) is 0 Å². The Balaban J connectivity index is 1.97. The van der Waals surface area contributed by atoms with Crippen molar-refractivity contribution in [2.75, 3.05) is 13.2 Å². The molecule has 0 aromatic heterocycles.